The van der Waals surface area contributed by atoms with Crippen LogP contribution < -0.4 is 4.90 Å². The number of para-hydroxylation sites is 4. The molecule has 3 heteroatoms. The van der Waals surface area contributed by atoms with Crippen LogP contribution in [0.25, 0.3) is 93.9 Å². The lowest BCUT2D eigenvalue weighted by atomic mass is 9.70. The van der Waals surface area contributed by atoms with Crippen LogP contribution in [0.1, 0.15) is 47.2 Å². The molecular formula is C70H46N2O. The number of rotatable bonds is 5. The van der Waals surface area contributed by atoms with Crippen molar-refractivity contribution < 1.29 is 4.42 Å². The molecule has 1 unspecified atom stereocenters. The molecule has 13 aromatic rings. The van der Waals surface area contributed by atoms with E-state index in [1.165, 1.54) is 94.1 Å². The van der Waals surface area contributed by atoms with Crippen molar-refractivity contribution in [1.29, 1.82) is 0 Å². The molecule has 0 N–H and O–H groups in total. The first-order valence-corrected chi connectivity index (χ1v) is 25.5. The molecule has 3 aliphatic rings. The zero-order chi connectivity index (χ0) is 48.2. The lowest BCUT2D eigenvalue weighted by molar-refractivity contribution is 0.660. The summed E-state index contributed by atoms with van der Waals surface area (Å²) in [6.07, 6.45) is 0. The normalized spacial score (nSPS) is 15.4. The number of furan rings is 1. The lowest BCUT2D eigenvalue weighted by Gasteiger charge is -2.32. The van der Waals surface area contributed by atoms with Crippen molar-refractivity contribution in [1.82, 2.24) is 4.57 Å². The van der Waals surface area contributed by atoms with Gasteiger partial charge in [-0.3, -0.25) is 0 Å². The van der Waals surface area contributed by atoms with Gasteiger partial charge in [0.15, 0.2) is 5.58 Å². The Bertz CT molecular complexity index is 4470. The monoisotopic (exact) mass is 930 g/mol. The highest BCUT2D eigenvalue weighted by Crippen LogP contribution is 2.67. The van der Waals surface area contributed by atoms with E-state index in [1.54, 1.807) is 0 Å². The highest BCUT2D eigenvalue weighted by Gasteiger charge is 2.54. The second-order valence-corrected chi connectivity index (χ2v) is 20.7. The summed E-state index contributed by atoms with van der Waals surface area (Å²) in [6, 6.07) is 90.1. The van der Waals surface area contributed by atoms with Crippen LogP contribution in [0.3, 0.4) is 0 Å². The van der Waals surface area contributed by atoms with Gasteiger partial charge in [-0.05, 0) is 145 Å². The second kappa shape index (κ2) is 14.7. The highest BCUT2D eigenvalue weighted by atomic mass is 16.3. The Morgan fingerprint density at radius 1 is 0.370 bits per heavy atom. The van der Waals surface area contributed by atoms with Crippen LogP contribution in [-0.2, 0) is 10.8 Å². The van der Waals surface area contributed by atoms with Crippen molar-refractivity contribution in [3.63, 3.8) is 0 Å². The molecule has 2 aromatic heterocycles. The van der Waals surface area contributed by atoms with E-state index in [0.29, 0.717) is 0 Å². The summed E-state index contributed by atoms with van der Waals surface area (Å²) in [4.78, 5) is 2.42. The van der Waals surface area contributed by atoms with Gasteiger partial charge in [0, 0.05) is 44.0 Å². The first kappa shape index (κ1) is 40.5. The number of aromatic nitrogens is 1. The molecule has 0 radical (unpaired) electrons. The predicted molar refractivity (Wildman–Crippen MR) is 302 cm³/mol. The van der Waals surface area contributed by atoms with E-state index in [-0.39, 0.29) is 5.41 Å². The molecular weight excluding hydrogens is 885 g/mol. The molecule has 3 aliphatic carbocycles. The summed E-state index contributed by atoms with van der Waals surface area (Å²) < 4.78 is 9.26. The number of nitrogens with zero attached hydrogens (tertiary/aromatic N) is 2. The third-order valence-corrected chi connectivity index (χ3v) is 16.8. The largest absolute Gasteiger partial charge is 0.454 e. The number of anilines is 3. The number of hydrogen-bond donors (Lipinski definition) is 0. The van der Waals surface area contributed by atoms with Crippen molar-refractivity contribution in [2.45, 2.75) is 24.7 Å². The van der Waals surface area contributed by atoms with Gasteiger partial charge < -0.3 is 13.9 Å². The van der Waals surface area contributed by atoms with Gasteiger partial charge in [-0.15, -0.1) is 0 Å². The average molecular weight is 931 g/mol. The molecule has 0 fully saturated rings. The molecule has 2 heterocycles. The van der Waals surface area contributed by atoms with E-state index in [9.17, 15) is 0 Å². The zero-order valence-electron chi connectivity index (χ0n) is 40.4. The molecule has 0 bridgehead atoms. The second-order valence-electron chi connectivity index (χ2n) is 20.7. The van der Waals surface area contributed by atoms with E-state index in [2.05, 4.69) is 266 Å². The minimum Gasteiger partial charge on any atom is -0.454 e. The van der Waals surface area contributed by atoms with Crippen molar-refractivity contribution in [2.75, 3.05) is 4.90 Å². The standard InChI is InChI=1S/C70H46N2O/c1-69(2)56-25-11-7-22-53(56)66-59(69)38-39-60-67(66)54-23-8-13-27-58(54)70(60)57-26-12-6-19-48(57)49-37-36-47(42-61(49)70)71(64-29-16-24-52-51-21-10-15-30-65(51)73-68(52)64)46-34-31-43(32-35-46)44-33-40-63-55(41-44)50-20-9-14-28-62(50)72(63)45-17-4-3-5-18-45/h3-42H,1-2H3. The Morgan fingerprint density at radius 3 is 1.78 bits per heavy atom. The summed E-state index contributed by atoms with van der Waals surface area (Å²) in [5, 5.41) is 4.68. The molecule has 73 heavy (non-hydrogen) atoms. The van der Waals surface area contributed by atoms with Gasteiger partial charge in [-0.25, -0.2) is 0 Å². The summed E-state index contributed by atoms with van der Waals surface area (Å²) >= 11 is 0. The summed E-state index contributed by atoms with van der Waals surface area (Å²) in [7, 11) is 0. The lowest BCUT2D eigenvalue weighted by Crippen LogP contribution is -2.26. The van der Waals surface area contributed by atoms with Gasteiger partial charge >= 0.3 is 0 Å². The Hall–Kier alpha value is -9.18. The van der Waals surface area contributed by atoms with Gasteiger partial charge in [0.05, 0.1) is 22.1 Å². The molecule has 0 amide bonds. The maximum Gasteiger partial charge on any atom is 0.159 e. The van der Waals surface area contributed by atoms with E-state index in [4.69, 9.17) is 4.42 Å². The van der Waals surface area contributed by atoms with E-state index >= 15 is 0 Å². The van der Waals surface area contributed by atoms with Crippen LogP contribution in [0.15, 0.2) is 247 Å². The minimum absolute atomic E-state index is 0.117. The van der Waals surface area contributed by atoms with Crippen molar-refractivity contribution >= 4 is 60.8 Å². The van der Waals surface area contributed by atoms with E-state index < -0.39 is 5.41 Å². The quantitative estimate of drug-likeness (QED) is 0.171. The van der Waals surface area contributed by atoms with Gasteiger partial charge in [0.1, 0.15) is 5.58 Å². The van der Waals surface area contributed by atoms with Crippen LogP contribution in [-0.4, -0.2) is 4.57 Å². The Kier molecular flexibility index (Phi) is 8.16. The summed E-state index contributed by atoms with van der Waals surface area (Å²) in [6.45, 7) is 4.78. The van der Waals surface area contributed by atoms with Crippen LogP contribution in [0, 0.1) is 0 Å². The maximum absolute atomic E-state index is 6.88. The molecule has 342 valence electrons. The van der Waals surface area contributed by atoms with Gasteiger partial charge in [-0.1, -0.05) is 190 Å². The molecule has 3 nitrogen and oxygen atoms in total. The first-order chi connectivity index (χ1) is 36.0. The molecule has 0 saturated carbocycles. The smallest absolute Gasteiger partial charge is 0.159 e. The van der Waals surface area contributed by atoms with Gasteiger partial charge in [0.25, 0.3) is 0 Å². The molecule has 11 aromatic carbocycles. The topological polar surface area (TPSA) is 21.3 Å². The molecule has 16 rings (SSSR count). The van der Waals surface area contributed by atoms with Crippen molar-refractivity contribution in [2.24, 2.45) is 0 Å². The fourth-order valence-corrected chi connectivity index (χ4v) is 13.7. The van der Waals surface area contributed by atoms with Crippen molar-refractivity contribution in [3.8, 4) is 50.2 Å². The van der Waals surface area contributed by atoms with Crippen molar-refractivity contribution in [3.05, 3.63) is 276 Å². The Balaban J connectivity index is 0.910. The number of fused-ring (bicyclic) bond motifs is 20. The average Bonchev–Trinajstić information content (AvgIpc) is 4.21. The van der Waals surface area contributed by atoms with Crippen LogP contribution >= 0.6 is 0 Å². The SMILES string of the molecule is CC1(C)c2ccccc2-c2c1ccc1c2-c2ccccc2C12c1ccccc1-c1ccc(N(c3ccc(-c4ccc5c(c4)c4ccccc4n5-c4ccccc4)cc3)c3cccc4c3oc3ccccc34)cc12. The molecule has 1 spiro atoms. The van der Waals surface area contributed by atoms with Crippen LogP contribution in [0.5, 0.6) is 0 Å². The van der Waals surface area contributed by atoms with E-state index in [0.717, 1.165) is 50.3 Å². The summed E-state index contributed by atoms with van der Waals surface area (Å²) in [5.41, 5.74) is 26.1. The maximum atomic E-state index is 6.88. The zero-order valence-corrected chi connectivity index (χ0v) is 40.4. The third-order valence-electron chi connectivity index (χ3n) is 16.8. The first-order valence-electron chi connectivity index (χ1n) is 25.5. The number of benzene rings is 11. The van der Waals surface area contributed by atoms with Gasteiger partial charge in [0.2, 0.25) is 0 Å². The Morgan fingerprint density at radius 2 is 0.959 bits per heavy atom. The molecule has 0 aliphatic heterocycles. The number of hydrogen-bond acceptors (Lipinski definition) is 2. The fraction of sp³-hybridized carbons (Fsp3) is 0.0571. The third kappa shape index (κ3) is 5.33. The molecule has 0 saturated heterocycles. The fourth-order valence-electron chi connectivity index (χ4n) is 13.7. The molecule has 1 atom stereocenters. The summed E-state index contributed by atoms with van der Waals surface area (Å²) in [5.74, 6) is 0. The Labute approximate surface area is 423 Å². The van der Waals surface area contributed by atoms with Crippen LogP contribution in [0.2, 0.25) is 0 Å². The highest BCUT2D eigenvalue weighted by molar-refractivity contribution is 6.12. The van der Waals surface area contributed by atoms with Gasteiger partial charge in [-0.2, -0.15) is 0 Å². The van der Waals surface area contributed by atoms with Crippen LogP contribution in [0.4, 0.5) is 17.1 Å². The minimum atomic E-state index is -0.548. The predicted octanol–water partition coefficient (Wildman–Crippen LogP) is 18.5. The van der Waals surface area contributed by atoms with E-state index in [1.807, 2.05) is 0 Å².